The quantitative estimate of drug-likeness (QED) is 0.874. The molecule has 3 atom stereocenters. The second-order valence-corrected chi connectivity index (χ2v) is 8.29. The van der Waals surface area contributed by atoms with Crippen LogP contribution in [0, 0.1) is 5.92 Å². The standard InChI is InChI=1S/C12H19NO3S2/c1-8(2)12(11-4-3-5-17-11)13-9-6-18(15,16)7-10(9)14/h3-5,8-10,12-14H,6-7H2,1-2H3. The Morgan fingerprint density at radius 1 is 1.44 bits per heavy atom. The number of aliphatic hydroxyl groups excluding tert-OH is 1. The van der Waals surface area contributed by atoms with E-state index in [2.05, 4.69) is 19.2 Å². The van der Waals surface area contributed by atoms with E-state index in [9.17, 15) is 13.5 Å². The summed E-state index contributed by atoms with van der Waals surface area (Å²) in [5.74, 6) is 0.252. The maximum Gasteiger partial charge on any atom is 0.154 e. The van der Waals surface area contributed by atoms with E-state index in [1.54, 1.807) is 11.3 Å². The summed E-state index contributed by atoms with van der Waals surface area (Å²) in [4.78, 5) is 1.18. The molecular formula is C12H19NO3S2. The van der Waals surface area contributed by atoms with Crippen molar-refractivity contribution in [2.45, 2.75) is 32.0 Å². The number of aliphatic hydroxyl groups is 1. The number of hydrogen-bond donors (Lipinski definition) is 2. The second-order valence-electron chi connectivity index (χ2n) is 5.15. The molecule has 2 rings (SSSR count). The highest BCUT2D eigenvalue weighted by atomic mass is 32.2. The summed E-state index contributed by atoms with van der Waals surface area (Å²) in [6.07, 6.45) is -0.795. The minimum absolute atomic E-state index is 0.0305. The molecule has 18 heavy (non-hydrogen) atoms. The lowest BCUT2D eigenvalue weighted by atomic mass is 10.0. The normalized spacial score (nSPS) is 28.7. The van der Waals surface area contributed by atoms with Gasteiger partial charge in [-0.1, -0.05) is 19.9 Å². The molecule has 0 aliphatic carbocycles. The highest BCUT2D eigenvalue weighted by Gasteiger charge is 2.38. The number of nitrogens with one attached hydrogen (secondary N) is 1. The summed E-state index contributed by atoms with van der Waals surface area (Å²) >= 11 is 1.65. The predicted molar refractivity (Wildman–Crippen MR) is 73.5 cm³/mol. The summed E-state index contributed by atoms with van der Waals surface area (Å²) in [6.45, 7) is 4.18. The minimum atomic E-state index is -3.09. The topological polar surface area (TPSA) is 66.4 Å². The Morgan fingerprint density at radius 3 is 2.61 bits per heavy atom. The van der Waals surface area contributed by atoms with E-state index in [0.29, 0.717) is 5.92 Å². The molecule has 1 saturated heterocycles. The van der Waals surface area contributed by atoms with Gasteiger partial charge in [-0.05, 0) is 17.4 Å². The molecule has 0 amide bonds. The van der Waals surface area contributed by atoms with Crippen molar-refractivity contribution < 1.29 is 13.5 Å². The van der Waals surface area contributed by atoms with Gasteiger partial charge in [-0.2, -0.15) is 0 Å². The van der Waals surface area contributed by atoms with Crippen molar-refractivity contribution >= 4 is 21.2 Å². The van der Waals surface area contributed by atoms with E-state index >= 15 is 0 Å². The summed E-state index contributed by atoms with van der Waals surface area (Å²) in [7, 11) is -3.09. The lowest BCUT2D eigenvalue weighted by Gasteiger charge is -2.26. The fraction of sp³-hybridized carbons (Fsp3) is 0.667. The third-order valence-corrected chi connectivity index (χ3v) is 5.90. The molecule has 6 heteroatoms. The molecule has 1 aromatic heterocycles. The lowest BCUT2D eigenvalue weighted by molar-refractivity contribution is 0.154. The smallest absolute Gasteiger partial charge is 0.154 e. The van der Waals surface area contributed by atoms with Gasteiger partial charge in [-0.25, -0.2) is 8.42 Å². The summed E-state index contributed by atoms with van der Waals surface area (Å²) in [5.41, 5.74) is 0. The molecule has 4 nitrogen and oxygen atoms in total. The SMILES string of the molecule is CC(C)C(NC1CS(=O)(=O)CC1O)c1cccs1. The zero-order valence-electron chi connectivity index (χ0n) is 10.5. The molecular weight excluding hydrogens is 270 g/mol. The van der Waals surface area contributed by atoms with Crippen molar-refractivity contribution in [2.24, 2.45) is 5.92 Å². The fourth-order valence-electron chi connectivity index (χ4n) is 2.29. The van der Waals surface area contributed by atoms with Crippen molar-refractivity contribution in [1.82, 2.24) is 5.32 Å². The first kappa shape index (κ1) is 14.0. The molecule has 0 spiro atoms. The van der Waals surface area contributed by atoms with Crippen molar-refractivity contribution in [1.29, 1.82) is 0 Å². The first-order valence-electron chi connectivity index (χ1n) is 6.07. The fourth-order valence-corrected chi connectivity index (χ4v) is 5.00. The Kier molecular flexibility index (Phi) is 4.11. The van der Waals surface area contributed by atoms with Gasteiger partial charge in [0.2, 0.25) is 0 Å². The van der Waals surface area contributed by atoms with E-state index in [4.69, 9.17) is 0 Å². The first-order valence-corrected chi connectivity index (χ1v) is 8.77. The van der Waals surface area contributed by atoms with E-state index in [-0.39, 0.29) is 23.6 Å². The van der Waals surface area contributed by atoms with Crippen LogP contribution in [-0.2, 0) is 9.84 Å². The van der Waals surface area contributed by atoms with Crippen LogP contribution in [0.2, 0.25) is 0 Å². The average molecular weight is 289 g/mol. The monoisotopic (exact) mass is 289 g/mol. The van der Waals surface area contributed by atoms with Crippen molar-refractivity contribution in [2.75, 3.05) is 11.5 Å². The third kappa shape index (κ3) is 3.12. The highest BCUT2D eigenvalue weighted by molar-refractivity contribution is 7.91. The van der Waals surface area contributed by atoms with Crippen LogP contribution in [0.1, 0.15) is 24.8 Å². The van der Waals surface area contributed by atoms with Gasteiger partial charge in [0.15, 0.2) is 9.84 Å². The Labute approximate surface area is 112 Å². The predicted octanol–water partition coefficient (Wildman–Crippen LogP) is 1.19. The Bertz CT molecular complexity index is 481. The number of rotatable bonds is 4. The molecule has 0 radical (unpaired) electrons. The van der Waals surface area contributed by atoms with Crippen LogP contribution in [0.25, 0.3) is 0 Å². The summed E-state index contributed by atoms with van der Waals surface area (Å²) in [6, 6.07) is 3.76. The number of sulfone groups is 1. The Hall–Kier alpha value is -0.430. The molecule has 1 aromatic rings. The van der Waals surface area contributed by atoms with Crippen LogP contribution in [0.15, 0.2) is 17.5 Å². The zero-order chi connectivity index (χ0) is 13.3. The highest BCUT2D eigenvalue weighted by Crippen LogP contribution is 2.28. The molecule has 2 N–H and O–H groups in total. The van der Waals surface area contributed by atoms with E-state index in [1.807, 2.05) is 17.5 Å². The molecule has 0 bridgehead atoms. The van der Waals surface area contributed by atoms with Gasteiger partial charge in [-0.15, -0.1) is 11.3 Å². The van der Waals surface area contributed by atoms with E-state index in [1.165, 1.54) is 4.88 Å². The minimum Gasteiger partial charge on any atom is -0.390 e. The molecule has 0 saturated carbocycles. The number of hydrogen-bond acceptors (Lipinski definition) is 5. The molecule has 1 fully saturated rings. The molecule has 1 aliphatic rings. The number of thiophene rings is 1. The van der Waals surface area contributed by atoms with Gasteiger partial charge in [0.05, 0.1) is 17.6 Å². The molecule has 0 aromatic carbocycles. The third-order valence-electron chi connectivity index (χ3n) is 3.23. The Balaban J connectivity index is 2.11. The first-order chi connectivity index (χ1) is 8.39. The van der Waals surface area contributed by atoms with Gasteiger partial charge >= 0.3 is 0 Å². The van der Waals surface area contributed by atoms with Crippen LogP contribution < -0.4 is 5.32 Å². The summed E-state index contributed by atoms with van der Waals surface area (Å²) < 4.78 is 23.0. The lowest BCUT2D eigenvalue weighted by Crippen LogP contribution is -2.42. The zero-order valence-corrected chi connectivity index (χ0v) is 12.2. The average Bonchev–Trinajstić information content (AvgIpc) is 2.82. The molecule has 102 valence electrons. The molecule has 2 heterocycles. The second kappa shape index (κ2) is 5.28. The van der Waals surface area contributed by atoms with Crippen LogP contribution in [0.4, 0.5) is 0 Å². The van der Waals surface area contributed by atoms with Crippen LogP contribution in [0.5, 0.6) is 0 Å². The van der Waals surface area contributed by atoms with Crippen molar-refractivity contribution in [3.05, 3.63) is 22.4 Å². The van der Waals surface area contributed by atoms with E-state index < -0.39 is 15.9 Å². The van der Waals surface area contributed by atoms with Crippen molar-refractivity contribution in [3.8, 4) is 0 Å². The van der Waals surface area contributed by atoms with Gasteiger partial charge < -0.3 is 10.4 Å². The van der Waals surface area contributed by atoms with Gasteiger partial charge in [0.25, 0.3) is 0 Å². The van der Waals surface area contributed by atoms with Gasteiger partial charge in [0.1, 0.15) is 0 Å². The van der Waals surface area contributed by atoms with Gasteiger partial charge in [0, 0.05) is 17.0 Å². The van der Waals surface area contributed by atoms with Crippen molar-refractivity contribution in [3.63, 3.8) is 0 Å². The maximum atomic E-state index is 11.5. The largest absolute Gasteiger partial charge is 0.390 e. The van der Waals surface area contributed by atoms with Gasteiger partial charge in [-0.3, -0.25) is 0 Å². The Morgan fingerprint density at radius 2 is 2.17 bits per heavy atom. The van der Waals surface area contributed by atoms with E-state index in [0.717, 1.165) is 0 Å². The molecule has 1 aliphatic heterocycles. The van der Waals surface area contributed by atoms with Crippen LogP contribution >= 0.6 is 11.3 Å². The maximum absolute atomic E-state index is 11.5. The molecule has 3 unspecified atom stereocenters. The summed E-state index contributed by atoms with van der Waals surface area (Å²) in [5, 5.41) is 15.1. The van der Waals surface area contributed by atoms with Crippen LogP contribution in [0.3, 0.4) is 0 Å². The van der Waals surface area contributed by atoms with Crippen LogP contribution in [-0.4, -0.2) is 37.2 Å².